The quantitative estimate of drug-likeness (QED) is 0.710. The zero-order valence-corrected chi connectivity index (χ0v) is 15.2. The summed E-state index contributed by atoms with van der Waals surface area (Å²) in [6.07, 6.45) is 4.10. The Labute approximate surface area is 149 Å². The predicted molar refractivity (Wildman–Crippen MR) is 98.7 cm³/mol. The van der Waals surface area contributed by atoms with Gasteiger partial charge in [-0.15, -0.1) is 22.7 Å². The molecule has 2 atom stereocenters. The second kappa shape index (κ2) is 6.58. The van der Waals surface area contributed by atoms with E-state index in [-0.39, 0.29) is 12.2 Å². The van der Waals surface area contributed by atoms with Crippen LogP contribution in [0.15, 0.2) is 35.3 Å². The van der Waals surface area contributed by atoms with E-state index in [1.807, 2.05) is 23.8 Å². The highest BCUT2D eigenvalue weighted by Gasteiger charge is 2.25. The van der Waals surface area contributed by atoms with Gasteiger partial charge in [0.15, 0.2) is 0 Å². The summed E-state index contributed by atoms with van der Waals surface area (Å²) in [4.78, 5) is 17.3. The highest BCUT2D eigenvalue weighted by atomic mass is 32.1. The highest BCUT2D eigenvalue weighted by Crippen LogP contribution is 2.35. The van der Waals surface area contributed by atoms with Gasteiger partial charge in [0.2, 0.25) is 5.95 Å². The third-order valence-corrected chi connectivity index (χ3v) is 5.58. The molecule has 0 aromatic carbocycles. The largest absolute Gasteiger partial charge is 0.372 e. The number of morpholine rings is 1. The Morgan fingerprint density at radius 1 is 1.12 bits per heavy atom. The standard InChI is InChI=1S/C17H18N4OS2/c1-11-9-21(10-12(2)22-11)17-19-8-13(14-4-3-6-23-14)15(20-17)16-18-5-7-24-16/h3-8,11-12H,9-10H2,1-2H3. The first-order valence-corrected chi connectivity index (χ1v) is 9.68. The van der Waals surface area contributed by atoms with Gasteiger partial charge in [-0.05, 0) is 25.3 Å². The number of hydrogen-bond acceptors (Lipinski definition) is 7. The van der Waals surface area contributed by atoms with E-state index < -0.39 is 0 Å². The van der Waals surface area contributed by atoms with Crippen LogP contribution in [-0.4, -0.2) is 40.2 Å². The molecule has 4 heterocycles. The van der Waals surface area contributed by atoms with E-state index >= 15 is 0 Å². The minimum Gasteiger partial charge on any atom is -0.372 e. The smallest absolute Gasteiger partial charge is 0.226 e. The van der Waals surface area contributed by atoms with E-state index in [2.05, 4.69) is 40.2 Å². The molecule has 5 nitrogen and oxygen atoms in total. The van der Waals surface area contributed by atoms with Gasteiger partial charge in [-0.3, -0.25) is 0 Å². The van der Waals surface area contributed by atoms with E-state index in [1.54, 1.807) is 22.7 Å². The molecular weight excluding hydrogens is 340 g/mol. The summed E-state index contributed by atoms with van der Waals surface area (Å²) in [5.74, 6) is 0.752. The van der Waals surface area contributed by atoms with Gasteiger partial charge in [-0.2, -0.15) is 0 Å². The molecule has 7 heteroatoms. The number of ether oxygens (including phenoxy) is 1. The van der Waals surface area contributed by atoms with E-state index in [0.717, 1.165) is 40.2 Å². The molecule has 1 saturated heterocycles. The lowest BCUT2D eigenvalue weighted by Gasteiger charge is -2.35. The first-order chi connectivity index (χ1) is 11.7. The van der Waals surface area contributed by atoms with Gasteiger partial charge in [0.25, 0.3) is 0 Å². The molecule has 4 rings (SSSR count). The fourth-order valence-electron chi connectivity index (χ4n) is 2.98. The summed E-state index contributed by atoms with van der Waals surface area (Å²) < 4.78 is 5.82. The lowest BCUT2D eigenvalue weighted by atomic mass is 10.2. The molecule has 24 heavy (non-hydrogen) atoms. The molecule has 3 aromatic heterocycles. The average Bonchev–Trinajstić information content (AvgIpc) is 3.27. The van der Waals surface area contributed by atoms with Crippen LogP contribution < -0.4 is 4.90 Å². The molecule has 1 fully saturated rings. The van der Waals surface area contributed by atoms with Crippen molar-refractivity contribution < 1.29 is 4.74 Å². The first-order valence-electron chi connectivity index (χ1n) is 7.92. The summed E-state index contributed by atoms with van der Waals surface area (Å²) >= 11 is 3.30. The third-order valence-electron chi connectivity index (χ3n) is 3.90. The van der Waals surface area contributed by atoms with Crippen LogP contribution in [0.4, 0.5) is 5.95 Å². The van der Waals surface area contributed by atoms with Gasteiger partial charge in [0.1, 0.15) is 10.7 Å². The van der Waals surface area contributed by atoms with Crippen LogP contribution >= 0.6 is 22.7 Å². The lowest BCUT2D eigenvalue weighted by Crippen LogP contribution is -2.46. The van der Waals surface area contributed by atoms with Crippen LogP contribution in [-0.2, 0) is 4.74 Å². The van der Waals surface area contributed by atoms with Gasteiger partial charge < -0.3 is 9.64 Å². The minimum absolute atomic E-state index is 0.178. The molecule has 0 spiro atoms. The van der Waals surface area contributed by atoms with E-state index in [1.165, 1.54) is 0 Å². The van der Waals surface area contributed by atoms with Gasteiger partial charge in [-0.1, -0.05) is 6.07 Å². The second-order valence-electron chi connectivity index (χ2n) is 5.91. The Morgan fingerprint density at radius 2 is 1.96 bits per heavy atom. The number of hydrogen-bond donors (Lipinski definition) is 0. The van der Waals surface area contributed by atoms with Gasteiger partial charge >= 0.3 is 0 Å². The number of aromatic nitrogens is 3. The summed E-state index contributed by atoms with van der Waals surface area (Å²) in [7, 11) is 0. The fraction of sp³-hybridized carbons (Fsp3) is 0.353. The van der Waals surface area contributed by atoms with Crippen LogP contribution in [0.3, 0.4) is 0 Å². The maximum Gasteiger partial charge on any atom is 0.226 e. The van der Waals surface area contributed by atoms with Crippen LogP contribution in [0.1, 0.15) is 13.8 Å². The number of thiazole rings is 1. The Kier molecular flexibility index (Phi) is 4.30. The van der Waals surface area contributed by atoms with Crippen molar-refractivity contribution in [3.05, 3.63) is 35.3 Å². The topological polar surface area (TPSA) is 51.1 Å². The van der Waals surface area contributed by atoms with Crippen LogP contribution in [0.2, 0.25) is 0 Å². The van der Waals surface area contributed by atoms with Crippen molar-refractivity contribution in [2.45, 2.75) is 26.1 Å². The number of rotatable bonds is 3. The Balaban J connectivity index is 1.77. The number of thiophene rings is 1. The van der Waals surface area contributed by atoms with Crippen LogP contribution in [0.25, 0.3) is 21.1 Å². The third kappa shape index (κ3) is 3.07. The van der Waals surface area contributed by atoms with Gasteiger partial charge in [0.05, 0.1) is 12.2 Å². The maximum absolute atomic E-state index is 5.82. The van der Waals surface area contributed by atoms with Crippen molar-refractivity contribution in [2.75, 3.05) is 18.0 Å². The van der Waals surface area contributed by atoms with Gasteiger partial charge in [-0.25, -0.2) is 15.0 Å². The summed E-state index contributed by atoms with van der Waals surface area (Å²) in [5, 5.41) is 4.98. The number of anilines is 1. The zero-order chi connectivity index (χ0) is 16.5. The Hall–Kier alpha value is -1.83. The molecule has 0 N–H and O–H groups in total. The van der Waals surface area contributed by atoms with Crippen LogP contribution in [0, 0.1) is 0 Å². The number of nitrogens with zero attached hydrogens (tertiary/aromatic N) is 4. The molecule has 0 radical (unpaired) electrons. The van der Waals surface area contributed by atoms with Gasteiger partial charge in [0, 0.05) is 41.3 Å². The van der Waals surface area contributed by atoms with Crippen molar-refractivity contribution in [1.82, 2.24) is 15.0 Å². The van der Waals surface area contributed by atoms with Crippen molar-refractivity contribution in [1.29, 1.82) is 0 Å². The predicted octanol–water partition coefficient (Wildman–Crippen LogP) is 3.94. The molecule has 0 amide bonds. The monoisotopic (exact) mass is 358 g/mol. The van der Waals surface area contributed by atoms with Crippen molar-refractivity contribution >= 4 is 28.6 Å². The van der Waals surface area contributed by atoms with E-state index in [0.29, 0.717) is 0 Å². The molecule has 2 unspecified atom stereocenters. The van der Waals surface area contributed by atoms with Crippen molar-refractivity contribution in [3.63, 3.8) is 0 Å². The average molecular weight is 358 g/mol. The SMILES string of the molecule is CC1CN(c2ncc(-c3cccs3)c(-c3nccs3)n2)CC(C)O1. The second-order valence-corrected chi connectivity index (χ2v) is 7.75. The zero-order valence-electron chi connectivity index (χ0n) is 13.5. The first kappa shape index (κ1) is 15.7. The summed E-state index contributed by atoms with van der Waals surface area (Å²) in [5.41, 5.74) is 1.95. The molecular formula is C17H18N4OS2. The lowest BCUT2D eigenvalue weighted by molar-refractivity contribution is -0.00571. The van der Waals surface area contributed by atoms with E-state index in [9.17, 15) is 0 Å². The molecule has 124 valence electrons. The molecule has 1 aliphatic heterocycles. The van der Waals surface area contributed by atoms with E-state index in [4.69, 9.17) is 9.72 Å². The summed E-state index contributed by atoms with van der Waals surface area (Å²) in [6, 6.07) is 4.14. The molecule has 1 aliphatic rings. The van der Waals surface area contributed by atoms with Crippen LogP contribution in [0.5, 0.6) is 0 Å². The summed E-state index contributed by atoms with van der Waals surface area (Å²) in [6.45, 7) is 5.79. The molecule has 0 aliphatic carbocycles. The minimum atomic E-state index is 0.178. The maximum atomic E-state index is 5.82. The Bertz CT molecular complexity index is 794. The van der Waals surface area contributed by atoms with Crippen molar-refractivity contribution in [3.8, 4) is 21.1 Å². The van der Waals surface area contributed by atoms with Crippen molar-refractivity contribution in [2.24, 2.45) is 0 Å². The molecule has 3 aromatic rings. The normalized spacial score (nSPS) is 21.2. The highest BCUT2D eigenvalue weighted by molar-refractivity contribution is 7.14. The fourth-order valence-corrected chi connectivity index (χ4v) is 4.36. The molecule has 0 bridgehead atoms. The Morgan fingerprint density at radius 3 is 2.62 bits per heavy atom. The molecule has 0 saturated carbocycles.